The molecule has 0 aliphatic carbocycles. The summed E-state index contributed by atoms with van der Waals surface area (Å²) in [7, 11) is 1.62. The summed E-state index contributed by atoms with van der Waals surface area (Å²) < 4.78 is 13.2. The van der Waals surface area contributed by atoms with Crippen molar-refractivity contribution in [1.29, 1.82) is 0 Å². The Labute approximate surface area is 146 Å². The van der Waals surface area contributed by atoms with Crippen LogP contribution in [0.2, 0.25) is 0 Å². The molecule has 0 fully saturated rings. The highest BCUT2D eigenvalue weighted by atomic mass is 16.5. The maximum Gasteiger partial charge on any atom is 0.227 e. The molecule has 1 unspecified atom stereocenters. The fraction of sp³-hybridized carbons (Fsp3) is 0.500. The van der Waals surface area contributed by atoms with Gasteiger partial charge in [-0.2, -0.15) is 0 Å². The van der Waals surface area contributed by atoms with Crippen molar-refractivity contribution in [2.75, 3.05) is 13.7 Å². The Morgan fingerprint density at radius 2 is 2.32 bits per heavy atom. The summed E-state index contributed by atoms with van der Waals surface area (Å²) >= 11 is 0. The van der Waals surface area contributed by atoms with Crippen molar-refractivity contribution < 1.29 is 14.3 Å². The molecule has 0 saturated heterocycles. The Hall–Kier alpha value is -2.57. The highest BCUT2D eigenvalue weighted by Crippen LogP contribution is 2.36. The lowest BCUT2D eigenvalue weighted by Crippen LogP contribution is -2.37. The number of nitrogens with one attached hydrogen (secondary N) is 1. The first kappa shape index (κ1) is 15.9. The third kappa shape index (κ3) is 3.06. The van der Waals surface area contributed by atoms with Crippen LogP contribution in [0.4, 0.5) is 0 Å². The number of rotatable bonds is 4. The Morgan fingerprint density at radius 1 is 1.40 bits per heavy atom. The zero-order chi connectivity index (χ0) is 17.2. The van der Waals surface area contributed by atoms with Gasteiger partial charge in [0.25, 0.3) is 0 Å². The maximum atomic E-state index is 12.5. The van der Waals surface area contributed by atoms with Gasteiger partial charge in [-0.3, -0.25) is 4.79 Å². The molecule has 0 bridgehead atoms. The zero-order valence-electron chi connectivity index (χ0n) is 14.3. The zero-order valence-corrected chi connectivity index (χ0v) is 14.3. The van der Waals surface area contributed by atoms with Crippen LogP contribution >= 0.6 is 0 Å². The smallest absolute Gasteiger partial charge is 0.227 e. The fourth-order valence-corrected chi connectivity index (χ4v) is 3.53. The first-order chi connectivity index (χ1) is 12.3. The summed E-state index contributed by atoms with van der Waals surface area (Å²) in [5.41, 5.74) is 1.01. The van der Waals surface area contributed by atoms with Crippen LogP contribution in [0.3, 0.4) is 0 Å². The number of carbonyl (C=O) groups is 1. The van der Waals surface area contributed by atoms with E-state index in [0.29, 0.717) is 25.3 Å². The monoisotopic (exact) mass is 342 g/mol. The van der Waals surface area contributed by atoms with Crippen LogP contribution in [0.15, 0.2) is 18.2 Å². The molecule has 132 valence electrons. The van der Waals surface area contributed by atoms with Crippen LogP contribution in [0.1, 0.15) is 30.1 Å². The molecule has 1 aromatic carbocycles. The third-order valence-corrected chi connectivity index (χ3v) is 4.90. The van der Waals surface area contributed by atoms with E-state index in [2.05, 4.69) is 20.1 Å². The number of benzene rings is 1. The minimum atomic E-state index is -0.205. The van der Waals surface area contributed by atoms with E-state index < -0.39 is 0 Å². The van der Waals surface area contributed by atoms with E-state index in [-0.39, 0.29) is 11.8 Å². The summed E-state index contributed by atoms with van der Waals surface area (Å²) in [6.45, 7) is 1.71. The average Bonchev–Trinajstić information content (AvgIpc) is 3.08. The molecule has 2 aliphatic heterocycles. The number of nitrogens with zero attached hydrogens (tertiary/aromatic N) is 3. The summed E-state index contributed by atoms with van der Waals surface area (Å²) in [5, 5.41) is 11.4. The minimum absolute atomic E-state index is 0.0124. The molecule has 1 N–H and O–H groups in total. The van der Waals surface area contributed by atoms with Crippen molar-refractivity contribution in [2.24, 2.45) is 5.92 Å². The number of hydrogen-bond acceptors (Lipinski definition) is 5. The van der Waals surface area contributed by atoms with E-state index in [1.54, 1.807) is 7.11 Å². The van der Waals surface area contributed by atoms with Gasteiger partial charge in [0.15, 0.2) is 17.3 Å². The van der Waals surface area contributed by atoms with Gasteiger partial charge in [-0.05, 0) is 30.9 Å². The molecule has 1 atom stereocenters. The maximum absolute atomic E-state index is 12.5. The molecule has 7 heteroatoms. The van der Waals surface area contributed by atoms with Gasteiger partial charge in [0.1, 0.15) is 12.4 Å². The van der Waals surface area contributed by atoms with E-state index >= 15 is 0 Å². The van der Waals surface area contributed by atoms with Gasteiger partial charge in [0.2, 0.25) is 5.91 Å². The van der Waals surface area contributed by atoms with Gasteiger partial charge in [-0.1, -0.05) is 12.1 Å². The Kier molecular flexibility index (Phi) is 4.29. The molecule has 0 saturated carbocycles. The second kappa shape index (κ2) is 6.74. The molecule has 7 nitrogen and oxygen atoms in total. The van der Waals surface area contributed by atoms with Gasteiger partial charge in [0, 0.05) is 13.0 Å². The largest absolute Gasteiger partial charge is 0.493 e. The normalized spacial score (nSPS) is 18.7. The molecular weight excluding hydrogens is 320 g/mol. The van der Waals surface area contributed by atoms with E-state index in [9.17, 15) is 4.79 Å². The predicted molar refractivity (Wildman–Crippen MR) is 90.5 cm³/mol. The number of hydrogen-bond donors (Lipinski definition) is 1. The summed E-state index contributed by atoms with van der Waals surface area (Å²) in [5.74, 6) is 3.11. The number of para-hydroxylation sites is 1. The molecule has 2 aromatic rings. The first-order valence-electron chi connectivity index (χ1n) is 8.73. The number of aryl methyl sites for hydroxylation is 1. The van der Waals surface area contributed by atoms with Gasteiger partial charge in [0.05, 0.1) is 19.6 Å². The van der Waals surface area contributed by atoms with Crippen LogP contribution in [-0.4, -0.2) is 34.4 Å². The Balaban J connectivity index is 1.40. The van der Waals surface area contributed by atoms with Crippen molar-refractivity contribution in [3.8, 4) is 11.5 Å². The SMILES string of the molecule is COc1cccc2c1OCC(C(=O)NCc1nnc3n1CCCC3)C2. The lowest BCUT2D eigenvalue weighted by Gasteiger charge is -2.25. The molecule has 25 heavy (non-hydrogen) atoms. The first-order valence-corrected chi connectivity index (χ1v) is 8.73. The lowest BCUT2D eigenvalue weighted by molar-refractivity contribution is -0.126. The van der Waals surface area contributed by atoms with Crippen LogP contribution in [0, 0.1) is 5.92 Å². The second-order valence-electron chi connectivity index (χ2n) is 6.52. The van der Waals surface area contributed by atoms with Crippen molar-refractivity contribution in [3.05, 3.63) is 35.4 Å². The minimum Gasteiger partial charge on any atom is -0.493 e. The summed E-state index contributed by atoms with van der Waals surface area (Å²) in [6, 6.07) is 5.77. The second-order valence-corrected chi connectivity index (χ2v) is 6.52. The Bertz CT molecular complexity index is 787. The molecule has 2 aliphatic rings. The van der Waals surface area contributed by atoms with Gasteiger partial charge in [-0.15, -0.1) is 10.2 Å². The number of carbonyl (C=O) groups excluding carboxylic acids is 1. The van der Waals surface area contributed by atoms with E-state index in [0.717, 1.165) is 48.8 Å². The van der Waals surface area contributed by atoms with Crippen LogP contribution in [-0.2, 0) is 30.7 Å². The average molecular weight is 342 g/mol. The molecule has 4 rings (SSSR count). The van der Waals surface area contributed by atoms with Gasteiger partial charge in [-0.25, -0.2) is 0 Å². The highest BCUT2D eigenvalue weighted by molar-refractivity contribution is 5.79. The van der Waals surface area contributed by atoms with Crippen molar-refractivity contribution in [3.63, 3.8) is 0 Å². The molecule has 1 aromatic heterocycles. The van der Waals surface area contributed by atoms with E-state index in [1.165, 1.54) is 0 Å². The number of amides is 1. The number of ether oxygens (including phenoxy) is 2. The van der Waals surface area contributed by atoms with Crippen molar-refractivity contribution >= 4 is 5.91 Å². The standard InChI is InChI=1S/C18H22N4O3/c1-24-14-6-4-5-12-9-13(11-25-17(12)14)18(23)19-10-16-21-20-15-7-2-3-8-22(15)16/h4-6,13H,2-3,7-11H2,1H3,(H,19,23). The lowest BCUT2D eigenvalue weighted by atomic mass is 9.95. The molecular formula is C18H22N4O3. The fourth-order valence-electron chi connectivity index (χ4n) is 3.53. The van der Waals surface area contributed by atoms with E-state index in [4.69, 9.17) is 9.47 Å². The molecule has 1 amide bonds. The van der Waals surface area contributed by atoms with Crippen molar-refractivity contribution in [1.82, 2.24) is 20.1 Å². The Morgan fingerprint density at radius 3 is 3.20 bits per heavy atom. The van der Waals surface area contributed by atoms with Gasteiger partial charge < -0.3 is 19.4 Å². The molecule has 0 spiro atoms. The number of fused-ring (bicyclic) bond motifs is 2. The van der Waals surface area contributed by atoms with Gasteiger partial charge >= 0.3 is 0 Å². The number of aromatic nitrogens is 3. The van der Waals surface area contributed by atoms with Crippen LogP contribution < -0.4 is 14.8 Å². The van der Waals surface area contributed by atoms with Crippen LogP contribution in [0.5, 0.6) is 11.5 Å². The quantitative estimate of drug-likeness (QED) is 0.911. The van der Waals surface area contributed by atoms with E-state index in [1.807, 2.05) is 18.2 Å². The number of methoxy groups -OCH3 is 1. The topological polar surface area (TPSA) is 78.3 Å². The van der Waals surface area contributed by atoms with Crippen LogP contribution in [0.25, 0.3) is 0 Å². The third-order valence-electron chi connectivity index (χ3n) is 4.90. The molecule has 0 radical (unpaired) electrons. The van der Waals surface area contributed by atoms with Crippen molar-refractivity contribution in [2.45, 2.75) is 38.8 Å². The summed E-state index contributed by atoms with van der Waals surface area (Å²) in [6.07, 6.45) is 3.92. The summed E-state index contributed by atoms with van der Waals surface area (Å²) in [4.78, 5) is 12.5. The highest BCUT2D eigenvalue weighted by Gasteiger charge is 2.28. The molecule has 3 heterocycles. The predicted octanol–water partition coefficient (Wildman–Crippen LogP) is 1.49.